The van der Waals surface area contributed by atoms with E-state index < -0.39 is 0 Å². The van der Waals surface area contributed by atoms with Crippen LogP contribution in [0, 0.1) is 0 Å². The maximum atomic E-state index is 12.2. The molecule has 1 aromatic carbocycles. The fraction of sp³-hybridized carbons (Fsp3) is 0.526. The van der Waals surface area contributed by atoms with Crippen molar-refractivity contribution in [1.29, 1.82) is 0 Å². The van der Waals surface area contributed by atoms with Crippen LogP contribution in [0.3, 0.4) is 0 Å². The summed E-state index contributed by atoms with van der Waals surface area (Å²) in [5.74, 6) is 0.292. The fourth-order valence-corrected chi connectivity index (χ4v) is 3.42. The summed E-state index contributed by atoms with van der Waals surface area (Å²) in [6.45, 7) is 4.37. The Morgan fingerprint density at radius 3 is 2.68 bits per heavy atom. The second-order valence-corrected chi connectivity index (χ2v) is 6.30. The molecule has 3 nitrogen and oxygen atoms in total. The van der Waals surface area contributed by atoms with Gasteiger partial charge in [0.25, 0.3) is 0 Å². The van der Waals surface area contributed by atoms with E-state index in [4.69, 9.17) is 0 Å². The number of hydrogen-bond donors (Lipinski definition) is 0. The molecule has 3 rings (SSSR count). The Hall–Kier alpha value is -1.61. The third kappa shape index (κ3) is 3.77. The highest BCUT2D eigenvalue weighted by Crippen LogP contribution is 2.27. The first-order chi connectivity index (χ1) is 10.8. The minimum atomic E-state index is 0.292. The van der Waals surface area contributed by atoms with E-state index in [0.29, 0.717) is 12.3 Å². The first kappa shape index (κ1) is 15.3. The van der Waals surface area contributed by atoms with Crippen molar-refractivity contribution in [2.75, 3.05) is 31.1 Å². The summed E-state index contributed by atoms with van der Waals surface area (Å²) >= 11 is 0. The Bertz CT molecular complexity index is 538. The lowest BCUT2D eigenvalue weighted by molar-refractivity contribution is -0.118. The zero-order valence-corrected chi connectivity index (χ0v) is 13.3. The molecular weight excluding hydrogens is 272 g/mol. The predicted octanol–water partition coefficient (Wildman–Crippen LogP) is 3.40. The normalized spacial score (nSPS) is 18.5. The van der Waals surface area contributed by atoms with Gasteiger partial charge in [-0.05, 0) is 43.9 Å². The van der Waals surface area contributed by atoms with Gasteiger partial charge in [0, 0.05) is 31.7 Å². The van der Waals surface area contributed by atoms with Crippen LogP contribution >= 0.6 is 0 Å². The first-order valence-electron chi connectivity index (χ1n) is 8.60. The van der Waals surface area contributed by atoms with Gasteiger partial charge in [-0.2, -0.15) is 0 Å². The van der Waals surface area contributed by atoms with Crippen LogP contribution in [0.1, 0.15) is 37.7 Å². The molecule has 1 aromatic rings. The molecule has 0 spiro atoms. The zero-order chi connectivity index (χ0) is 15.2. The molecule has 0 saturated heterocycles. The summed E-state index contributed by atoms with van der Waals surface area (Å²) in [5.41, 5.74) is 2.46. The number of aryl methyl sites for hydroxylation is 1. The number of para-hydroxylation sites is 1. The highest BCUT2D eigenvalue weighted by Gasteiger charge is 2.22. The quantitative estimate of drug-likeness (QED) is 0.593. The second-order valence-electron chi connectivity index (χ2n) is 6.30. The van der Waals surface area contributed by atoms with E-state index >= 15 is 0 Å². The lowest BCUT2D eigenvalue weighted by atomic mass is 10.0. The SMILES string of the molecule is O=C1CCc2ccccc2N1CCCCCN1CC=CCC1. The van der Waals surface area contributed by atoms with E-state index in [9.17, 15) is 4.79 Å². The molecule has 2 heterocycles. The van der Waals surface area contributed by atoms with Crippen LogP contribution in [0.4, 0.5) is 5.69 Å². The van der Waals surface area contributed by atoms with Crippen molar-refractivity contribution in [3.8, 4) is 0 Å². The van der Waals surface area contributed by atoms with Gasteiger partial charge >= 0.3 is 0 Å². The standard InChI is InChI=1S/C19H26N2O/c22-19-12-11-17-9-3-4-10-18(17)21(19)16-8-2-7-15-20-13-5-1-6-14-20/h1,3-5,9-10H,2,6-8,11-16H2. The smallest absolute Gasteiger partial charge is 0.227 e. The molecule has 22 heavy (non-hydrogen) atoms. The van der Waals surface area contributed by atoms with E-state index in [-0.39, 0.29) is 0 Å². The van der Waals surface area contributed by atoms with Crippen molar-refractivity contribution < 1.29 is 4.79 Å². The number of amides is 1. The highest BCUT2D eigenvalue weighted by molar-refractivity contribution is 5.96. The minimum Gasteiger partial charge on any atom is -0.312 e. The third-order valence-electron chi connectivity index (χ3n) is 4.69. The number of unbranched alkanes of at least 4 members (excludes halogenated alkanes) is 2. The lowest BCUT2D eigenvalue weighted by Crippen LogP contribution is -2.36. The van der Waals surface area contributed by atoms with Crippen LogP contribution in [0.25, 0.3) is 0 Å². The van der Waals surface area contributed by atoms with Gasteiger partial charge in [-0.3, -0.25) is 9.69 Å². The van der Waals surface area contributed by atoms with Gasteiger partial charge in [0.05, 0.1) is 0 Å². The number of benzene rings is 1. The molecule has 0 aliphatic carbocycles. The molecule has 1 amide bonds. The van der Waals surface area contributed by atoms with Gasteiger partial charge in [-0.1, -0.05) is 36.8 Å². The van der Waals surface area contributed by atoms with Crippen LogP contribution in [-0.4, -0.2) is 37.0 Å². The van der Waals surface area contributed by atoms with Crippen LogP contribution in [0.2, 0.25) is 0 Å². The summed E-state index contributed by atoms with van der Waals surface area (Å²) in [5, 5.41) is 0. The Morgan fingerprint density at radius 2 is 1.82 bits per heavy atom. The summed E-state index contributed by atoms with van der Waals surface area (Å²) < 4.78 is 0. The molecule has 0 saturated carbocycles. The summed E-state index contributed by atoms with van der Waals surface area (Å²) in [4.78, 5) is 16.7. The van der Waals surface area contributed by atoms with Gasteiger partial charge in [-0.25, -0.2) is 0 Å². The average Bonchev–Trinajstić information content (AvgIpc) is 2.57. The van der Waals surface area contributed by atoms with Crippen LogP contribution in [-0.2, 0) is 11.2 Å². The fourth-order valence-electron chi connectivity index (χ4n) is 3.42. The number of rotatable bonds is 6. The zero-order valence-electron chi connectivity index (χ0n) is 13.3. The number of fused-ring (bicyclic) bond motifs is 1. The van der Waals surface area contributed by atoms with E-state index in [1.165, 1.54) is 37.9 Å². The Labute approximate surface area is 133 Å². The predicted molar refractivity (Wildman–Crippen MR) is 91.2 cm³/mol. The van der Waals surface area contributed by atoms with Gasteiger partial charge in [0.2, 0.25) is 5.91 Å². The summed E-state index contributed by atoms with van der Waals surface area (Å²) in [6.07, 6.45) is 10.8. The first-order valence-corrected chi connectivity index (χ1v) is 8.60. The molecule has 0 N–H and O–H groups in total. The molecule has 0 bridgehead atoms. The van der Waals surface area contributed by atoms with Gasteiger partial charge in [0.15, 0.2) is 0 Å². The van der Waals surface area contributed by atoms with Crippen LogP contribution in [0.15, 0.2) is 36.4 Å². The average molecular weight is 298 g/mol. The Balaban J connectivity index is 1.43. The summed E-state index contributed by atoms with van der Waals surface area (Å²) in [6, 6.07) is 8.35. The van der Waals surface area contributed by atoms with E-state index in [1.54, 1.807) is 0 Å². The molecule has 0 unspecified atom stereocenters. The lowest BCUT2D eigenvalue weighted by Gasteiger charge is -2.29. The number of anilines is 1. The highest BCUT2D eigenvalue weighted by atomic mass is 16.2. The Morgan fingerprint density at radius 1 is 0.955 bits per heavy atom. The van der Waals surface area contributed by atoms with Crippen molar-refractivity contribution in [3.63, 3.8) is 0 Å². The number of hydrogen-bond acceptors (Lipinski definition) is 2. The van der Waals surface area contributed by atoms with Crippen LogP contribution in [0.5, 0.6) is 0 Å². The van der Waals surface area contributed by atoms with E-state index in [0.717, 1.165) is 31.6 Å². The third-order valence-corrected chi connectivity index (χ3v) is 4.69. The van der Waals surface area contributed by atoms with Crippen molar-refractivity contribution in [2.24, 2.45) is 0 Å². The van der Waals surface area contributed by atoms with Crippen LogP contribution < -0.4 is 4.90 Å². The van der Waals surface area contributed by atoms with Crippen molar-refractivity contribution >= 4 is 11.6 Å². The molecule has 0 fully saturated rings. The molecule has 118 valence electrons. The molecule has 2 aliphatic rings. The van der Waals surface area contributed by atoms with E-state index in [1.807, 2.05) is 11.0 Å². The van der Waals surface area contributed by atoms with Gasteiger partial charge < -0.3 is 4.90 Å². The maximum absolute atomic E-state index is 12.2. The molecule has 0 radical (unpaired) electrons. The molecular formula is C19H26N2O. The van der Waals surface area contributed by atoms with Crippen molar-refractivity contribution in [3.05, 3.63) is 42.0 Å². The number of nitrogens with zero attached hydrogens (tertiary/aromatic N) is 2. The summed E-state index contributed by atoms with van der Waals surface area (Å²) in [7, 11) is 0. The van der Waals surface area contributed by atoms with Gasteiger partial charge in [0.1, 0.15) is 0 Å². The molecule has 0 atom stereocenters. The minimum absolute atomic E-state index is 0.292. The molecule has 2 aliphatic heterocycles. The van der Waals surface area contributed by atoms with Crippen molar-refractivity contribution in [1.82, 2.24) is 4.90 Å². The number of carbonyl (C=O) groups excluding carboxylic acids is 1. The van der Waals surface area contributed by atoms with Crippen molar-refractivity contribution in [2.45, 2.75) is 38.5 Å². The maximum Gasteiger partial charge on any atom is 0.227 e. The number of carbonyl (C=O) groups is 1. The monoisotopic (exact) mass is 298 g/mol. The second kappa shape index (κ2) is 7.59. The molecule has 3 heteroatoms. The van der Waals surface area contributed by atoms with E-state index in [2.05, 4.69) is 35.3 Å². The topological polar surface area (TPSA) is 23.6 Å². The largest absolute Gasteiger partial charge is 0.312 e. The van der Waals surface area contributed by atoms with Gasteiger partial charge in [-0.15, -0.1) is 0 Å². The molecule has 0 aromatic heterocycles. The Kier molecular flexibility index (Phi) is 5.28.